The van der Waals surface area contributed by atoms with Gasteiger partial charge >= 0.3 is 0 Å². The Morgan fingerprint density at radius 3 is 2.44 bits per heavy atom. The van der Waals surface area contributed by atoms with Crippen molar-refractivity contribution in [2.75, 3.05) is 6.54 Å². The summed E-state index contributed by atoms with van der Waals surface area (Å²) in [5, 5.41) is 0. The number of piperidine rings is 1. The van der Waals surface area contributed by atoms with Crippen LogP contribution in [0.1, 0.15) is 47.5 Å². The molecule has 1 heterocycles. The summed E-state index contributed by atoms with van der Waals surface area (Å²) in [4.78, 5) is 14.3. The fourth-order valence-corrected chi connectivity index (χ4v) is 2.20. The fourth-order valence-electron chi connectivity index (χ4n) is 2.20. The van der Waals surface area contributed by atoms with Crippen LogP contribution >= 0.6 is 0 Å². The minimum Gasteiger partial charge on any atom is -0.338 e. The van der Waals surface area contributed by atoms with Gasteiger partial charge in [-0.05, 0) is 31.1 Å². The van der Waals surface area contributed by atoms with Crippen molar-refractivity contribution in [3.8, 4) is 0 Å². The first-order chi connectivity index (χ1) is 7.25. The van der Waals surface area contributed by atoms with Crippen molar-refractivity contribution in [3.63, 3.8) is 0 Å². The van der Waals surface area contributed by atoms with E-state index in [2.05, 4.69) is 13.8 Å². The Balaban J connectivity index is 2.73. The summed E-state index contributed by atoms with van der Waals surface area (Å²) >= 11 is 0. The van der Waals surface area contributed by atoms with Gasteiger partial charge in [-0.2, -0.15) is 0 Å². The third-order valence-electron chi connectivity index (χ3n) is 3.86. The first kappa shape index (κ1) is 13.5. The molecule has 3 nitrogen and oxygen atoms in total. The lowest BCUT2D eigenvalue weighted by Crippen LogP contribution is -2.55. The van der Waals surface area contributed by atoms with Crippen molar-refractivity contribution in [3.05, 3.63) is 0 Å². The smallest absolute Gasteiger partial charge is 0.240 e. The van der Waals surface area contributed by atoms with Gasteiger partial charge in [-0.1, -0.05) is 27.7 Å². The van der Waals surface area contributed by atoms with Crippen LogP contribution < -0.4 is 5.73 Å². The standard InChI is InChI=1S/C13H26N2O/c1-9-7-6-8-15(10(9)2)12(16)11(14)13(3,4)5/h9-11H,6-8,14H2,1-5H3. The van der Waals surface area contributed by atoms with Gasteiger partial charge < -0.3 is 10.6 Å². The van der Waals surface area contributed by atoms with Crippen LogP contribution in [0.3, 0.4) is 0 Å². The van der Waals surface area contributed by atoms with Gasteiger partial charge in [0, 0.05) is 12.6 Å². The van der Waals surface area contributed by atoms with E-state index in [1.807, 2.05) is 25.7 Å². The number of hydrogen-bond donors (Lipinski definition) is 1. The maximum Gasteiger partial charge on any atom is 0.240 e. The van der Waals surface area contributed by atoms with Crippen LogP contribution in [0, 0.1) is 11.3 Å². The van der Waals surface area contributed by atoms with Gasteiger partial charge in [-0.3, -0.25) is 4.79 Å². The Morgan fingerprint density at radius 2 is 1.94 bits per heavy atom. The number of hydrogen-bond acceptors (Lipinski definition) is 2. The zero-order valence-corrected chi connectivity index (χ0v) is 11.3. The summed E-state index contributed by atoms with van der Waals surface area (Å²) in [6.07, 6.45) is 2.32. The minimum atomic E-state index is -0.389. The van der Waals surface area contributed by atoms with Crippen LogP contribution in [0.4, 0.5) is 0 Å². The SMILES string of the molecule is CC1CCCN(C(=O)C(N)C(C)(C)C)C1C. The lowest BCUT2D eigenvalue weighted by atomic mass is 9.84. The number of rotatable bonds is 1. The van der Waals surface area contributed by atoms with E-state index in [1.54, 1.807) is 0 Å². The van der Waals surface area contributed by atoms with Gasteiger partial charge in [0.15, 0.2) is 0 Å². The summed E-state index contributed by atoms with van der Waals surface area (Å²) in [6.45, 7) is 11.3. The van der Waals surface area contributed by atoms with E-state index in [0.717, 1.165) is 13.0 Å². The molecule has 2 N–H and O–H groups in total. The predicted molar refractivity (Wildman–Crippen MR) is 67.0 cm³/mol. The lowest BCUT2D eigenvalue weighted by Gasteiger charge is -2.41. The van der Waals surface area contributed by atoms with E-state index in [4.69, 9.17) is 5.73 Å². The van der Waals surface area contributed by atoms with Crippen LogP contribution in [-0.4, -0.2) is 29.4 Å². The third kappa shape index (κ3) is 2.76. The van der Waals surface area contributed by atoms with E-state index in [-0.39, 0.29) is 17.4 Å². The van der Waals surface area contributed by atoms with E-state index < -0.39 is 0 Å². The zero-order chi connectivity index (χ0) is 12.5. The number of carbonyl (C=O) groups excluding carboxylic acids is 1. The van der Waals surface area contributed by atoms with Gasteiger partial charge in [-0.25, -0.2) is 0 Å². The molecule has 3 unspecified atom stereocenters. The summed E-state index contributed by atoms with van der Waals surface area (Å²) in [5.74, 6) is 0.705. The lowest BCUT2D eigenvalue weighted by molar-refractivity contribution is -0.139. The van der Waals surface area contributed by atoms with Gasteiger partial charge in [0.1, 0.15) is 0 Å². The molecule has 0 aromatic rings. The van der Waals surface area contributed by atoms with E-state index >= 15 is 0 Å². The van der Waals surface area contributed by atoms with Crippen molar-refractivity contribution in [1.82, 2.24) is 4.90 Å². The highest BCUT2D eigenvalue weighted by atomic mass is 16.2. The molecule has 3 heteroatoms. The van der Waals surface area contributed by atoms with Crippen LogP contribution in [-0.2, 0) is 4.79 Å². The molecule has 1 fully saturated rings. The molecule has 1 aliphatic rings. The molecule has 16 heavy (non-hydrogen) atoms. The highest BCUT2D eigenvalue weighted by Crippen LogP contribution is 2.26. The second-order valence-corrected chi connectivity index (χ2v) is 6.24. The van der Waals surface area contributed by atoms with Crippen molar-refractivity contribution < 1.29 is 4.79 Å². The quantitative estimate of drug-likeness (QED) is 0.743. The first-order valence-electron chi connectivity index (χ1n) is 6.31. The summed E-state index contributed by atoms with van der Waals surface area (Å²) in [7, 11) is 0. The Bertz CT molecular complexity index is 257. The van der Waals surface area contributed by atoms with Crippen molar-refractivity contribution in [2.45, 2.75) is 59.5 Å². The van der Waals surface area contributed by atoms with Crippen molar-refractivity contribution in [2.24, 2.45) is 17.1 Å². The topological polar surface area (TPSA) is 46.3 Å². The van der Waals surface area contributed by atoms with Gasteiger partial charge in [0.2, 0.25) is 5.91 Å². The molecular weight excluding hydrogens is 200 g/mol. The monoisotopic (exact) mass is 226 g/mol. The molecule has 0 aromatic carbocycles. The molecule has 0 spiro atoms. The highest BCUT2D eigenvalue weighted by molar-refractivity contribution is 5.82. The molecule has 1 saturated heterocycles. The molecule has 94 valence electrons. The molecule has 0 aliphatic carbocycles. The number of carbonyl (C=O) groups is 1. The Kier molecular flexibility index (Phi) is 4.00. The van der Waals surface area contributed by atoms with Crippen molar-refractivity contribution in [1.29, 1.82) is 0 Å². The maximum absolute atomic E-state index is 12.3. The molecule has 0 aromatic heterocycles. The minimum absolute atomic E-state index is 0.117. The number of amides is 1. The molecule has 3 atom stereocenters. The van der Waals surface area contributed by atoms with Gasteiger partial charge in [-0.15, -0.1) is 0 Å². The van der Waals surface area contributed by atoms with Crippen LogP contribution in [0.15, 0.2) is 0 Å². The highest BCUT2D eigenvalue weighted by Gasteiger charge is 2.35. The second-order valence-electron chi connectivity index (χ2n) is 6.24. The Labute approximate surface area is 99.4 Å². The Morgan fingerprint density at radius 1 is 1.38 bits per heavy atom. The predicted octanol–water partition coefficient (Wildman–Crippen LogP) is 2.01. The van der Waals surface area contributed by atoms with Crippen LogP contribution in [0.2, 0.25) is 0 Å². The third-order valence-corrected chi connectivity index (χ3v) is 3.86. The summed E-state index contributed by atoms with van der Waals surface area (Å²) < 4.78 is 0. The molecule has 1 amide bonds. The maximum atomic E-state index is 12.3. The average molecular weight is 226 g/mol. The molecule has 1 aliphatic heterocycles. The van der Waals surface area contributed by atoms with E-state index in [0.29, 0.717) is 12.0 Å². The second kappa shape index (κ2) is 4.74. The average Bonchev–Trinajstić information content (AvgIpc) is 2.18. The van der Waals surface area contributed by atoms with E-state index in [1.165, 1.54) is 6.42 Å². The molecule has 0 bridgehead atoms. The Hall–Kier alpha value is -0.570. The van der Waals surface area contributed by atoms with Crippen LogP contribution in [0.5, 0.6) is 0 Å². The van der Waals surface area contributed by atoms with Gasteiger partial charge in [0.25, 0.3) is 0 Å². The number of likely N-dealkylation sites (tertiary alicyclic amines) is 1. The van der Waals surface area contributed by atoms with Crippen molar-refractivity contribution >= 4 is 5.91 Å². The fraction of sp³-hybridized carbons (Fsp3) is 0.923. The summed E-state index contributed by atoms with van der Waals surface area (Å²) in [6, 6.07) is -0.0603. The molecule has 0 saturated carbocycles. The largest absolute Gasteiger partial charge is 0.338 e. The summed E-state index contributed by atoms with van der Waals surface area (Å²) in [5.41, 5.74) is 5.89. The van der Waals surface area contributed by atoms with Gasteiger partial charge in [0.05, 0.1) is 6.04 Å². The number of nitrogens with two attached hydrogens (primary N) is 1. The molecular formula is C13H26N2O. The molecule has 0 radical (unpaired) electrons. The number of nitrogens with zero attached hydrogens (tertiary/aromatic N) is 1. The first-order valence-corrected chi connectivity index (χ1v) is 6.31. The van der Waals surface area contributed by atoms with Crippen LogP contribution in [0.25, 0.3) is 0 Å². The zero-order valence-electron chi connectivity index (χ0n) is 11.3. The normalized spacial score (nSPS) is 29.0. The molecule has 1 rings (SSSR count). The van der Waals surface area contributed by atoms with E-state index in [9.17, 15) is 4.79 Å².